The van der Waals surface area contributed by atoms with Crippen LogP contribution in [0.1, 0.15) is 34.8 Å². The molecular formula is C22H31IN6O2. The number of benzene rings is 1. The van der Waals surface area contributed by atoms with Gasteiger partial charge in [0.2, 0.25) is 0 Å². The van der Waals surface area contributed by atoms with Crippen LogP contribution in [0.25, 0.3) is 11.0 Å². The van der Waals surface area contributed by atoms with Crippen LogP contribution in [0.15, 0.2) is 46.0 Å². The molecule has 31 heavy (non-hydrogen) atoms. The second-order valence-corrected chi connectivity index (χ2v) is 7.12. The Kier molecular flexibility index (Phi) is 9.83. The number of carbonyl (C=O) groups is 1. The summed E-state index contributed by atoms with van der Waals surface area (Å²) >= 11 is 0. The Labute approximate surface area is 199 Å². The van der Waals surface area contributed by atoms with Gasteiger partial charge in [-0.3, -0.25) is 9.79 Å². The zero-order valence-electron chi connectivity index (χ0n) is 18.3. The van der Waals surface area contributed by atoms with Gasteiger partial charge in [-0.1, -0.05) is 12.1 Å². The summed E-state index contributed by atoms with van der Waals surface area (Å²) in [6.45, 7) is 6.87. The molecule has 2 aromatic heterocycles. The van der Waals surface area contributed by atoms with Gasteiger partial charge in [-0.15, -0.1) is 24.0 Å². The summed E-state index contributed by atoms with van der Waals surface area (Å²) in [5, 5.41) is 9.46. The lowest BCUT2D eigenvalue weighted by molar-refractivity contribution is 0.0925. The van der Waals surface area contributed by atoms with E-state index in [0.717, 1.165) is 48.8 Å². The number of furan rings is 1. The van der Waals surface area contributed by atoms with Crippen molar-refractivity contribution in [3.63, 3.8) is 0 Å². The van der Waals surface area contributed by atoms with Gasteiger partial charge >= 0.3 is 0 Å². The van der Waals surface area contributed by atoms with E-state index in [-0.39, 0.29) is 29.9 Å². The van der Waals surface area contributed by atoms with Crippen molar-refractivity contribution in [2.24, 2.45) is 4.99 Å². The molecule has 1 aromatic carbocycles. The van der Waals surface area contributed by atoms with Crippen LogP contribution in [-0.4, -0.2) is 48.1 Å². The average molecular weight is 538 g/mol. The Morgan fingerprint density at radius 1 is 1.06 bits per heavy atom. The normalized spacial score (nSPS) is 11.3. The summed E-state index contributed by atoms with van der Waals surface area (Å²) in [6.07, 6.45) is 3.27. The van der Waals surface area contributed by atoms with Gasteiger partial charge in [-0.05, 0) is 44.9 Å². The number of hydrogen-bond acceptors (Lipinski definition) is 4. The third kappa shape index (κ3) is 6.71. The predicted molar refractivity (Wildman–Crippen MR) is 134 cm³/mol. The first-order valence-electron chi connectivity index (χ1n) is 10.3. The minimum absolute atomic E-state index is 0. The van der Waals surface area contributed by atoms with Crippen molar-refractivity contribution in [3.05, 3.63) is 53.7 Å². The van der Waals surface area contributed by atoms with Crippen molar-refractivity contribution >= 4 is 46.9 Å². The minimum atomic E-state index is -0.178. The number of nitrogens with one attached hydrogen (secondary N) is 3. The van der Waals surface area contributed by atoms with Gasteiger partial charge < -0.3 is 24.9 Å². The van der Waals surface area contributed by atoms with Crippen LogP contribution in [0.4, 0.5) is 0 Å². The number of imidazole rings is 1. The van der Waals surface area contributed by atoms with E-state index in [9.17, 15) is 4.79 Å². The molecule has 0 aliphatic rings. The molecule has 8 nitrogen and oxygen atoms in total. The molecule has 3 aromatic rings. The molecule has 3 N–H and O–H groups in total. The summed E-state index contributed by atoms with van der Waals surface area (Å²) in [6, 6.07) is 9.99. The largest absolute Gasteiger partial charge is 0.459 e. The standard InChI is InChI=1S/C22H30N6O2.HI/c1-16-10-15-30-20(16)21(29)24-11-6-12-25-22(23-3)26-13-7-14-28-17(2)27-18-8-4-5-9-19(18)28;/h4-5,8-10,15H,6-7,11-14H2,1-3H3,(H,24,29)(H2,23,25,26);1H. The monoisotopic (exact) mass is 538 g/mol. The van der Waals surface area contributed by atoms with Gasteiger partial charge in [0.25, 0.3) is 5.91 Å². The highest BCUT2D eigenvalue weighted by Gasteiger charge is 2.11. The second-order valence-electron chi connectivity index (χ2n) is 7.12. The summed E-state index contributed by atoms with van der Waals surface area (Å²) in [4.78, 5) is 20.8. The molecule has 1 amide bonds. The van der Waals surface area contributed by atoms with Gasteiger partial charge in [0.05, 0.1) is 17.3 Å². The molecule has 0 radical (unpaired) electrons. The summed E-state index contributed by atoms with van der Waals surface area (Å²) in [5.74, 6) is 1.99. The Morgan fingerprint density at radius 2 is 1.77 bits per heavy atom. The van der Waals surface area contributed by atoms with Gasteiger partial charge in [0.15, 0.2) is 11.7 Å². The number of nitrogens with zero attached hydrogens (tertiary/aromatic N) is 3. The number of aliphatic imine (C=N–C) groups is 1. The fourth-order valence-corrected chi connectivity index (χ4v) is 3.33. The number of aromatic nitrogens is 2. The third-order valence-corrected chi connectivity index (χ3v) is 4.92. The molecule has 0 saturated heterocycles. The SMILES string of the molecule is CN=C(NCCCNC(=O)c1occc1C)NCCCn1c(C)nc2ccccc21.I. The maximum Gasteiger partial charge on any atom is 0.287 e. The maximum absolute atomic E-state index is 12.0. The fourth-order valence-electron chi connectivity index (χ4n) is 3.33. The highest BCUT2D eigenvalue weighted by atomic mass is 127. The van der Waals surface area contributed by atoms with E-state index in [0.29, 0.717) is 18.8 Å². The Hall–Kier alpha value is -2.56. The molecule has 0 saturated carbocycles. The van der Waals surface area contributed by atoms with Crippen LogP contribution in [0.5, 0.6) is 0 Å². The van der Waals surface area contributed by atoms with Crippen molar-refractivity contribution in [2.45, 2.75) is 33.2 Å². The Morgan fingerprint density at radius 3 is 2.48 bits per heavy atom. The smallest absolute Gasteiger partial charge is 0.287 e. The molecule has 168 valence electrons. The third-order valence-electron chi connectivity index (χ3n) is 4.92. The molecule has 0 aliphatic carbocycles. The van der Waals surface area contributed by atoms with E-state index in [2.05, 4.69) is 36.6 Å². The number of carbonyl (C=O) groups excluding carboxylic acids is 1. The zero-order valence-corrected chi connectivity index (χ0v) is 20.6. The van der Waals surface area contributed by atoms with E-state index in [4.69, 9.17) is 4.42 Å². The van der Waals surface area contributed by atoms with Gasteiger partial charge in [-0.25, -0.2) is 4.98 Å². The Bertz CT molecular complexity index is 1010. The van der Waals surface area contributed by atoms with Gasteiger partial charge in [-0.2, -0.15) is 0 Å². The summed E-state index contributed by atoms with van der Waals surface area (Å²) < 4.78 is 7.44. The number of fused-ring (bicyclic) bond motifs is 1. The number of guanidine groups is 1. The predicted octanol–water partition coefficient (Wildman–Crippen LogP) is 3.24. The molecular weight excluding hydrogens is 507 g/mol. The molecule has 0 fully saturated rings. The molecule has 3 rings (SSSR count). The number of hydrogen-bond donors (Lipinski definition) is 3. The highest BCUT2D eigenvalue weighted by molar-refractivity contribution is 14.0. The number of para-hydroxylation sites is 2. The van der Waals surface area contributed by atoms with Gasteiger partial charge in [0.1, 0.15) is 5.82 Å². The summed E-state index contributed by atoms with van der Waals surface area (Å²) in [7, 11) is 1.75. The Balaban J connectivity index is 0.00000341. The number of amides is 1. The highest BCUT2D eigenvalue weighted by Crippen LogP contribution is 2.15. The van der Waals surface area contributed by atoms with Crippen LogP contribution < -0.4 is 16.0 Å². The number of halogens is 1. The first kappa shape index (κ1) is 24.7. The lowest BCUT2D eigenvalue weighted by atomic mass is 10.2. The fraction of sp³-hybridized carbons (Fsp3) is 0.409. The first-order valence-corrected chi connectivity index (χ1v) is 10.3. The topological polar surface area (TPSA) is 96.5 Å². The van der Waals surface area contributed by atoms with E-state index in [1.165, 1.54) is 11.8 Å². The lowest BCUT2D eigenvalue weighted by Gasteiger charge is -2.13. The average Bonchev–Trinajstić information content (AvgIpc) is 3.31. The van der Waals surface area contributed by atoms with Crippen LogP contribution in [0, 0.1) is 13.8 Å². The van der Waals surface area contributed by atoms with Gasteiger partial charge in [0, 0.05) is 38.8 Å². The van der Waals surface area contributed by atoms with Crippen LogP contribution >= 0.6 is 24.0 Å². The molecule has 0 bridgehead atoms. The van der Waals surface area contributed by atoms with Crippen molar-refractivity contribution in [2.75, 3.05) is 26.7 Å². The minimum Gasteiger partial charge on any atom is -0.459 e. The molecule has 9 heteroatoms. The van der Waals surface area contributed by atoms with E-state index >= 15 is 0 Å². The van der Waals surface area contributed by atoms with Crippen molar-refractivity contribution < 1.29 is 9.21 Å². The summed E-state index contributed by atoms with van der Waals surface area (Å²) in [5.41, 5.74) is 3.05. The van der Waals surface area contributed by atoms with Crippen LogP contribution in [0.2, 0.25) is 0 Å². The quantitative estimate of drug-likeness (QED) is 0.168. The molecule has 0 spiro atoms. The second kappa shape index (κ2) is 12.3. The van der Waals surface area contributed by atoms with Crippen molar-refractivity contribution in [3.8, 4) is 0 Å². The lowest BCUT2D eigenvalue weighted by Crippen LogP contribution is -2.39. The number of aryl methyl sites for hydroxylation is 3. The van der Waals surface area contributed by atoms with Crippen LogP contribution in [0.3, 0.4) is 0 Å². The first-order chi connectivity index (χ1) is 14.6. The van der Waals surface area contributed by atoms with E-state index < -0.39 is 0 Å². The van der Waals surface area contributed by atoms with E-state index in [1.807, 2.05) is 32.0 Å². The van der Waals surface area contributed by atoms with E-state index in [1.54, 1.807) is 13.1 Å². The maximum atomic E-state index is 12.0. The molecule has 2 heterocycles. The van der Waals surface area contributed by atoms with Crippen molar-refractivity contribution in [1.82, 2.24) is 25.5 Å². The molecule has 0 unspecified atom stereocenters. The molecule has 0 aliphatic heterocycles. The number of rotatable bonds is 9. The van der Waals surface area contributed by atoms with Crippen molar-refractivity contribution in [1.29, 1.82) is 0 Å². The zero-order chi connectivity index (χ0) is 21.3. The van der Waals surface area contributed by atoms with Crippen LogP contribution in [-0.2, 0) is 6.54 Å². The molecule has 0 atom stereocenters.